The first-order chi connectivity index (χ1) is 8.20. The summed E-state index contributed by atoms with van der Waals surface area (Å²) in [7, 11) is 0. The second-order valence-corrected chi connectivity index (χ2v) is 3.56. The zero-order valence-electron chi connectivity index (χ0n) is 8.59. The van der Waals surface area contributed by atoms with Crippen LogP contribution in [0.5, 0.6) is 17.4 Å². The third kappa shape index (κ3) is 2.47. The maximum Gasteiger partial charge on any atom is 0.239 e. The van der Waals surface area contributed by atoms with Crippen LogP contribution in [0, 0.1) is 11.3 Å². The number of halogens is 1. The van der Waals surface area contributed by atoms with Crippen LogP contribution in [0.1, 0.15) is 5.56 Å². The van der Waals surface area contributed by atoms with E-state index in [2.05, 4.69) is 4.98 Å². The topological polar surface area (TPSA) is 66.1 Å². The lowest BCUT2D eigenvalue weighted by Gasteiger charge is -2.06. The van der Waals surface area contributed by atoms with Crippen molar-refractivity contribution >= 4 is 11.6 Å². The molecule has 0 spiro atoms. The fourth-order valence-electron chi connectivity index (χ4n) is 1.21. The third-order valence-electron chi connectivity index (χ3n) is 2.03. The first-order valence-corrected chi connectivity index (χ1v) is 5.10. The molecule has 84 valence electrons. The van der Waals surface area contributed by atoms with Crippen LogP contribution in [-0.4, -0.2) is 10.1 Å². The first kappa shape index (κ1) is 11.2. The highest BCUT2D eigenvalue weighted by Gasteiger charge is 2.09. The normalized spacial score (nSPS) is 9.65. The number of nitrogens with zero attached hydrogens (tertiary/aromatic N) is 2. The maximum atomic E-state index is 9.12. The highest BCUT2D eigenvalue weighted by atomic mass is 35.5. The summed E-state index contributed by atoms with van der Waals surface area (Å²) in [6.07, 6.45) is 1.44. The molecule has 0 unspecified atom stereocenters. The van der Waals surface area contributed by atoms with E-state index in [0.717, 1.165) is 0 Å². The van der Waals surface area contributed by atoms with E-state index in [-0.39, 0.29) is 16.7 Å². The Balaban J connectivity index is 2.31. The Hall–Kier alpha value is -2.25. The molecule has 17 heavy (non-hydrogen) atoms. The lowest BCUT2D eigenvalue weighted by molar-refractivity contribution is 0.454. The van der Waals surface area contributed by atoms with Gasteiger partial charge in [0.15, 0.2) is 0 Å². The Morgan fingerprint density at radius 3 is 2.59 bits per heavy atom. The Labute approximate surface area is 103 Å². The molecule has 0 atom stereocenters. The van der Waals surface area contributed by atoms with Crippen molar-refractivity contribution in [3.8, 4) is 23.4 Å². The van der Waals surface area contributed by atoms with Gasteiger partial charge in [-0.15, -0.1) is 0 Å². The number of aromatic nitrogens is 1. The van der Waals surface area contributed by atoms with Gasteiger partial charge in [-0.3, -0.25) is 0 Å². The minimum absolute atomic E-state index is 0.141. The van der Waals surface area contributed by atoms with Crippen LogP contribution < -0.4 is 4.74 Å². The fraction of sp³-hybridized carbons (Fsp3) is 0. The van der Waals surface area contributed by atoms with E-state index in [1.807, 2.05) is 6.07 Å². The number of hydrogen-bond acceptors (Lipinski definition) is 4. The van der Waals surface area contributed by atoms with Gasteiger partial charge in [-0.2, -0.15) is 5.26 Å². The van der Waals surface area contributed by atoms with Crippen molar-refractivity contribution in [2.75, 3.05) is 0 Å². The van der Waals surface area contributed by atoms with Crippen molar-refractivity contribution in [2.24, 2.45) is 0 Å². The van der Waals surface area contributed by atoms with Crippen LogP contribution in [0.4, 0.5) is 0 Å². The predicted octanol–water partition coefficient (Wildman–Crippen LogP) is 3.10. The SMILES string of the molecule is N#Cc1ccnc(Oc2ccc(O)cc2)c1Cl. The van der Waals surface area contributed by atoms with Crippen LogP contribution in [0.25, 0.3) is 0 Å². The third-order valence-corrected chi connectivity index (χ3v) is 2.39. The lowest BCUT2D eigenvalue weighted by Crippen LogP contribution is -1.90. The van der Waals surface area contributed by atoms with Crippen LogP contribution >= 0.6 is 11.6 Å². The van der Waals surface area contributed by atoms with E-state index in [4.69, 9.17) is 26.7 Å². The zero-order chi connectivity index (χ0) is 12.3. The first-order valence-electron chi connectivity index (χ1n) is 4.72. The number of aromatic hydroxyl groups is 1. The summed E-state index contributed by atoms with van der Waals surface area (Å²) in [5, 5.41) is 18.1. The molecule has 0 saturated heterocycles. The van der Waals surface area contributed by atoms with E-state index in [1.165, 1.54) is 24.4 Å². The largest absolute Gasteiger partial charge is 0.508 e. The quantitative estimate of drug-likeness (QED) is 0.884. The minimum atomic E-state index is 0.141. The van der Waals surface area contributed by atoms with Gasteiger partial charge >= 0.3 is 0 Å². The number of nitriles is 1. The molecular formula is C12H7ClN2O2. The maximum absolute atomic E-state index is 9.12. The lowest BCUT2D eigenvalue weighted by atomic mass is 10.3. The van der Waals surface area contributed by atoms with Gasteiger partial charge in [0.05, 0.1) is 5.56 Å². The monoisotopic (exact) mass is 246 g/mol. The van der Waals surface area contributed by atoms with E-state index in [0.29, 0.717) is 11.3 Å². The summed E-state index contributed by atoms with van der Waals surface area (Å²) in [5.74, 6) is 0.783. The molecule has 2 rings (SSSR count). The van der Waals surface area contributed by atoms with Gasteiger partial charge < -0.3 is 9.84 Å². The van der Waals surface area contributed by atoms with Crippen molar-refractivity contribution < 1.29 is 9.84 Å². The number of rotatable bonds is 2. The molecular weight excluding hydrogens is 240 g/mol. The van der Waals surface area contributed by atoms with E-state index >= 15 is 0 Å². The molecule has 0 amide bonds. The number of phenolic OH excluding ortho intramolecular Hbond substituents is 1. The Morgan fingerprint density at radius 1 is 1.24 bits per heavy atom. The van der Waals surface area contributed by atoms with Crippen molar-refractivity contribution in [3.05, 3.63) is 47.1 Å². The van der Waals surface area contributed by atoms with E-state index < -0.39 is 0 Å². The van der Waals surface area contributed by atoms with Crippen LogP contribution in [-0.2, 0) is 0 Å². The Morgan fingerprint density at radius 2 is 1.94 bits per heavy atom. The van der Waals surface area contributed by atoms with Crippen molar-refractivity contribution in [1.82, 2.24) is 4.98 Å². The standard InChI is InChI=1S/C12H7ClN2O2/c13-11-8(7-14)5-6-15-12(11)17-10-3-1-9(16)2-4-10/h1-6,16H. The second kappa shape index (κ2) is 4.73. The second-order valence-electron chi connectivity index (χ2n) is 3.19. The summed E-state index contributed by atoms with van der Waals surface area (Å²) in [6.45, 7) is 0. The molecule has 2 aromatic rings. The van der Waals surface area contributed by atoms with E-state index in [1.54, 1.807) is 12.1 Å². The molecule has 1 aromatic heterocycles. The summed E-state index contributed by atoms with van der Waals surface area (Å²) in [5.41, 5.74) is 0.301. The van der Waals surface area contributed by atoms with Gasteiger partial charge in [0.1, 0.15) is 22.6 Å². The average Bonchev–Trinajstić information content (AvgIpc) is 2.35. The molecule has 5 heteroatoms. The van der Waals surface area contributed by atoms with Crippen LogP contribution in [0.15, 0.2) is 36.5 Å². The molecule has 1 aromatic carbocycles. The van der Waals surface area contributed by atoms with Crippen LogP contribution in [0.2, 0.25) is 5.02 Å². The molecule has 0 aliphatic rings. The Bertz CT molecular complexity index is 576. The number of ether oxygens (including phenoxy) is 1. The summed E-state index contributed by atoms with van der Waals surface area (Å²) < 4.78 is 5.40. The van der Waals surface area contributed by atoms with Crippen LogP contribution in [0.3, 0.4) is 0 Å². The molecule has 0 radical (unpaired) electrons. The highest BCUT2D eigenvalue weighted by Crippen LogP contribution is 2.29. The molecule has 0 bridgehead atoms. The summed E-state index contributed by atoms with van der Waals surface area (Å²) in [6, 6.07) is 9.56. The molecule has 0 saturated carbocycles. The zero-order valence-corrected chi connectivity index (χ0v) is 9.35. The van der Waals surface area contributed by atoms with Crippen molar-refractivity contribution in [3.63, 3.8) is 0 Å². The number of pyridine rings is 1. The molecule has 0 fully saturated rings. The molecule has 1 heterocycles. The number of benzene rings is 1. The highest BCUT2D eigenvalue weighted by molar-refractivity contribution is 6.33. The summed E-state index contributed by atoms with van der Waals surface area (Å²) in [4.78, 5) is 3.94. The smallest absolute Gasteiger partial charge is 0.239 e. The Kier molecular flexibility index (Phi) is 3.12. The number of phenols is 1. The molecule has 0 aliphatic heterocycles. The van der Waals surface area contributed by atoms with E-state index in [9.17, 15) is 0 Å². The van der Waals surface area contributed by atoms with Gasteiger partial charge in [-0.1, -0.05) is 11.6 Å². The minimum Gasteiger partial charge on any atom is -0.508 e. The van der Waals surface area contributed by atoms with Gasteiger partial charge in [0.2, 0.25) is 5.88 Å². The van der Waals surface area contributed by atoms with Crippen molar-refractivity contribution in [2.45, 2.75) is 0 Å². The predicted molar refractivity (Wildman–Crippen MR) is 62.1 cm³/mol. The van der Waals surface area contributed by atoms with Gasteiger partial charge in [-0.05, 0) is 30.3 Å². The van der Waals surface area contributed by atoms with Gasteiger partial charge in [-0.25, -0.2) is 4.98 Å². The van der Waals surface area contributed by atoms with Gasteiger partial charge in [0, 0.05) is 6.20 Å². The molecule has 1 N–H and O–H groups in total. The fourth-order valence-corrected chi connectivity index (χ4v) is 1.40. The van der Waals surface area contributed by atoms with Gasteiger partial charge in [0.25, 0.3) is 0 Å². The molecule has 4 nitrogen and oxygen atoms in total. The average molecular weight is 247 g/mol. The summed E-state index contributed by atoms with van der Waals surface area (Å²) >= 11 is 5.93. The number of hydrogen-bond donors (Lipinski definition) is 1. The van der Waals surface area contributed by atoms with Crippen molar-refractivity contribution in [1.29, 1.82) is 5.26 Å². The molecule has 0 aliphatic carbocycles.